The van der Waals surface area contributed by atoms with Gasteiger partial charge in [0.05, 0.1) is 5.41 Å². The van der Waals surface area contributed by atoms with Gasteiger partial charge >= 0.3 is 0 Å². The third kappa shape index (κ3) is 5.60. The molecule has 1 aromatic rings. The molecule has 2 atom stereocenters. The first-order chi connectivity index (χ1) is 12.2. The Hall–Kier alpha value is -0.810. The van der Waals surface area contributed by atoms with Gasteiger partial charge in [0.15, 0.2) is 0 Å². The van der Waals surface area contributed by atoms with E-state index in [1.165, 1.54) is 30.4 Å². The topological polar surface area (TPSA) is 44.4 Å². The van der Waals surface area contributed by atoms with Gasteiger partial charge in [-0.15, -0.1) is 24.8 Å². The Labute approximate surface area is 176 Å². The van der Waals surface area contributed by atoms with Gasteiger partial charge in [-0.2, -0.15) is 0 Å². The van der Waals surface area contributed by atoms with Crippen LogP contribution in [0.1, 0.15) is 50.7 Å². The van der Waals surface area contributed by atoms with Crippen LogP contribution < -0.4 is 10.6 Å². The summed E-state index contributed by atoms with van der Waals surface area (Å²) in [5.74, 6) is 0.784. The number of carbonyl (C=O) groups excluding carboxylic acids is 1. The van der Waals surface area contributed by atoms with Crippen molar-refractivity contribution < 1.29 is 4.79 Å². The van der Waals surface area contributed by atoms with Gasteiger partial charge in [0, 0.05) is 19.6 Å². The highest BCUT2D eigenvalue weighted by atomic mass is 35.5. The summed E-state index contributed by atoms with van der Waals surface area (Å²) in [6.07, 6.45) is 4.69. The summed E-state index contributed by atoms with van der Waals surface area (Å²) in [6, 6.07) is 8.65. The van der Waals surface area contributed by atoms with Gasteiger partial charge in [0.2, 0.25) is 5.91 Å². The van der Waals surface area contributed by atoms with E-state index in [1.54, 1.807) is 0 Å². The van der Waals surface area contributed by atoms with Gasteiger partial charge in [0.1, 0.15) is 0 Å². The van der Waals surface area contributed by atoms with Crippen LogP contribution in [0.3, 0.4) is 0 Å². The van der Waals surface area contributed by atoms with Crippen molar-refractivity contribution in [3.8, 4) is 0 Å². The van der Waals surface area contributed by atoms with Crippen LogP contribution in [0.5, 0.6) is 0 Å². The van der Waals surface area contributed by atoms with Gasteiger partial charge < -0.3 is 10.6 Å². The van der Waals surface area contributed by atoms with Crippen LogP contribution in [0.15, 0.2) is 24.3 Å². The van der Waals surface area contributed by atoms with Crippen molar-refractivity contribution in [2.45, 2.75) is 52.6 Å². The second-order valence-electron chi connectivity index (χ2n) is 7.69. The highest BCUT2D eigenvalue weighted by molar-refractivity contribution is 5.85. The maximum atomic E-state index is 13.0. The number of rotatable bonds is 7. The Balaban J connectivity index is 0.00000182. The fourth-order valence-corrected chi connectivity index (χ4v) is 4.59. The van der Waals surface area contributed by atoms with E-state index in [2.05, 4.69) is 53.6 Å². The maximum Gasteiger partial charge on any atom is 0.228 e. The predicted molar refractivity (Wildman–Crippen MR) is 117 cm³/mol. The number of hydrogen-bond acceptors (Lipinski definition) is 3. The number of halogens is 2. The Morgan fingerprint density at radius 1 is 1.22 bits per heavy atom. The SMILES string of the molecule is CCN(CC)Cc1cccc(CNC(=O)[C@@]23CCCC[C@H]2CNC3)c1.Cl.Cl. The first kappa shape index (κ1) is 24.2. The van der Waals surface area contributed by atoms with Crippen molar-refractivity contribution in [1.82, 2.24) is 15.5 Å². The molecular formula is C21H35Cl2N3O. The summed E-state index contributed by atoms with van der Waals surface area (Å²) in [7, 11) is 0. The molecule has 1 heterocycles. The fraction of sp³-hybridized carbons (Fsp3) is 0.667. The third-order valence-corrected chi connectivity index (χ3v) is 6.24. The van der Waals surface area contributed by atoms with Gasteiger partial charge in [-0.1, -0.05) is 51.0 Å². The molecule has 1 amide bonds. The van der Waals surface area contributed by atoms with Crippen LogP contribution in [0.4, 0.5) is 0 Å². The van der Waals surface area contributed by atoms with E-state index in [1.807, 2.05) is 0 Å². The van der Waals surface area contributed by atoms with Crippen molar-refractivity contribution in [3.05, 3.63) is 35.4 Å². The Bertz CT molecular complexity index is 595. The van der Waals surface area contributed by atoms with Crippen LogP contribution in [0.25, 0.3) is 0 Å². The standard InChI is InChI=1S/C21H33N3O.2ClH/c1-3-24(4-2)15-18-9-7-8-17(12-18)13-23-20(25)21-11-6-5-10-19(21)14-22-16-21;;/h7-9,12,19,22H,3-6,10-11,13-16H2,1-2H3,(H,23,25);2*1H/t19-,21+;;/m0../s1. The first-order valence-electron chi connectivity index (χ1n) is 9.97. The Morgan fingerprint density at radius 2 is 1.96 bits per heavy atom. The zero-order valence-electron chi connectivity index (χ0n) is 16.6. The highest BCUT2D eigenvalue weighted by Crippen LogP contribution is 2.43. The molecule has 27 heavy (non-hydrogen) atoms. The predicted octanol–water partition coefficient (Wildman–Crippen LogP) is 3.77. The number of hydrogen-bond donors (Lipinski definition) is 2. The molecule has 2 fully saturated rings. The summed E-state index contributed by atoms with van der Waals surface area (Å²) in [5, 5.41) is 6.71. The number of amides is 1. The number of carbonyl (C=O) groups is 1. The number of fused-ring (bicyclic) bond motifs is 1. The quantitative estimate of drug-likeness (QED) is 0.711. The Morgan fingerprint density at radius 3 is 2.70 bits per heavy atom. The lowest BCUT2D eigenvalue weighted by atomic mass is 9.67. The minimum absolute atomic E-state index is 0. The van der Waals surface area contributed by atoms with Crippen molar-refractivity contribution >= 4 is 30.7 Å². The van der Waals surface area contributed by atoms with Crippen molar-refractivity contribution in [2.24, 2.45) is 11.3 Å². The maximum absolute atomic E-state index is 13.0. The summed E-state index contributed by atoms with van der Waals surface area (Å²) in [5.41, 5.74) is 2.37. The normalized spacial score (nSPS) is 23.9. The van der Waals surface area contributed by atoms with E-state index in [-0.39, 0.29) is 36.1 Å². The summed E-state index contributed by atoms with van der Waals surface area (Å²) in [6.45, 7) is 10.00. The summed E-state index contributed by atoms with van der Waals surface area (Å²) in [4.78, 5) is 15.4. The molecule has 0 unspecified atom stereocenters. The van der Waals surface area contributed by atoms with Gasteiger partial charge in [-0.3, -0.25) is 9.69 Å². The molecule has 0 radical (unpaired) electrons. The van der Waals surface area contributed by atoms with E-state index in [0.717, 1.165) is 39.1 Å². The summed E-state index contributed by atoms with van der Waals surface area (Å²) < 4.78 is 0. The molecule has 1 aromatic carbocycles. The van der Waals surface area contributed by atoms with Crippen molar-refractivity contribution in [1.29, 1.82) is 0 Å². The van der Waals surface area contributed by atoms with Gasteiger partial charge in [-0.05, 0) is 49.5 Å². The monoisotopic (exact) mass is 415 g/mol. The molecule has 3 rings (SSSR count). The lowest BCUT2D eigenvalue weighted by molar-refractivity contribution is -0.134. The van der Waals surface area contributed by atoms with Crippen molar-refractivity contribution in [3.63, 3.8) is 0 Å². The van der Waals surface area contributed by atoms with Crippen LogP contribution in [-0.4, -0.2) is 37.0 Å². The summed E-state index contributed by atoms with van der Waals surface area (Å²) >= 11 is 0. The lowest BCUT2D eigenvalue weighted by Gasteiger charge is -2.37. The van der Waals surface area contributed by atoms with Crippen LogP contribution in [0, 0.1) is 11.3 Å². The molecule has 1 aliphatic carbocycles. The van der Waals surface area contributed by atoms with Crippen molar-refractivity contribution in [2.75, 3.05) is 26.2 Å². The van der Waals surface area contributed by atoms with E-state index in [4.69, 9.17) is 0 Å². The minimum Gasteiger partial charge on any atom is -0.351 e. The Kier molecular flexibility index (Phi) is 10.1. The van der Waals surface area contributed by atoms with E-state index in [0.29, 0.717) is 12.5 Å². The van der Waals surface area contributed by atoms with Crippen LogP contribution in [0.2, 0.25) is 0 Å². The first-order valence-corrected chi connectivity index (χ1v) is 9.97. The molecule has 2 N–H and O–H groups in total. The second kappa shape index (κ2) is 11.3. The third-order valence-electron chi connectivity index (χ3n) is 6.24. The molecule has 154 valence electrons. The highest BCUT2D eigenvalue weighted by Gasteiger charge is 2.49. The molecule has 0 spiro atoms. The minimum atomic E-state index is -0.156. The number of benzene rings is 1. The zero-order valence-corrected chi connectivity index (χ0v) is 18.3. The molecule has 1 saturated heterocycles. The molecule has 1 aliphatic heterocycles. The van der Waals surface area contributed by atoms with E-state index < -0.39 is 0 Å². The molecular weight excluding hydrogens is 381 g/mol. The number of nitrogens with one attached hydrogen (secondary N) is 2. The van der Waals surface area contributed by atoms with E-state index >= 15 is 0 Å². The van der Waals surface area contributed by atoms with Gasteiger partial charge in [-0.25, -0.2) is 0 Å². The fourth-order valence-electron chi connectivity index (χ4n) is 4.59. The molecule has 0 aromatic heterocycles. The number of nitrogens with zero attached hydrogens (tertiary/aromatic N) is 1. The lowest BCUT2D eigenvalue weighted by Crippen LogP contribution is -2.47. The van der Waals surface area contributed by atoms with E-state index in [9.17, 15) is 4.79 Å². The van der Waals surface area contributed by atoms with Crippen LogP contribution in [-0.2, 0) is 17.9 Å². The molecule has 2 aliphatic rings. The molecule has 4 nitrogen and oxygen atoms in total. The largest absolute Gasteiger partial charge is 0.351 e. The molecule has 6 heteroatoms. The zero-order chi connectivity index (χ0) is 17.7. The average molecular weight is 416 g/mol. The average Bonchev–Trinajstić information content (AvgIpc) is 3.10. The van der Waals surface area contributed by atoms with Gasteiger partial charge in [0.25, 0.3) is 0 Å². The smallest absolute Gasteiger partial charge is 0.228 e. The molecule has 1 saturated carbocycles. The second-order valence-corrected chi connectivity index (χ2v) is 7.69. The molecule has 0 bridgehead atoms. The van der Waals surface area contributed by atoms with Crippen LogP contribution >= 0.6 is 24.8 Å².